The largest absolute Gasteiger partial charge is 0.478 e. The molecule has 0 aliphatic carbocycles. The molecule has 27 heavy (non-hydrogen) atoms. The molecule has 142 valence electrons. The number of aromatic carboxylic acids is 1. The van der Waals surface area contributed by atoms with Crippen LogP contribution >= 0.6 is 11.6 Å². The summed E-state index contributed by atoms with van der Waals surface area (Å²) in [6.07, 6.45) is 0.691. The third-order valence-electron chi connectivity index (χ3n) is 3.98. The van der Waals surface area contributed by atoms with Crippen LogP contribution in [0.2, 0.25) is 5.02 Å². The van der Waals surface area contributed by atoms with Crippen LogP contribution < -0.4 is 10.6 Å². The average Bonchev–Trinajstić information content (AvgIpc) is 2.62. The number of rotatable bonds is 8. The second kappa shape index (κ2) is 9.73. The topological polar surface area (TPSA) is 95.5 Å². The van der Waals surface area contributed by atoms with Gasteiger partial charge in [-0.25, -0.2) is 4.79 Å². The molecule has 0 radical (unpaired) electrons. The fourth-order valence-electron chi connectivity index (χ4n) is 2.61. The molecule has 0 fully saturated rings. The third-order valence-corrected chi connectivity index (χ3v) is 4.23. The lowest BCUT2D eigenvalue weighted by atomic mass is 10.0. The lowest BCUT2D eigenvalue weighted by Crippen LogP contribution is -2.33. The first-order chi connectivity index (χ1) is 12.8. The van der Waals surface area contributed by atoms with Gasteiger partial charge in [0.15, 0.2) is 0 Å². The monoisotopic (exact) mass is 388 g/mol. The number of carbonyl (C=O) groups excluding carboxylic acids is 2. The van der Waals surface area contributed by atoms with Crippen molar-refractivity contribution in [3.05, 3.63) is 70.2 Å². The molecule has 1 atom stereocenters. The summed E-state index contributed by atoms with van der Waals surface area (Å²) in [6, 6.07) is 13.1. The van der Waals surface area contributed by atoms with E-state index < -0.39 is 12.0 Å². The predicted molar refractivity (Wildman–Crippen MR) is 103 cm³/mol. The highest BCUT2D eigenvalue weighted by Crippen LogP contribution is 2.19. The maximum absolute atomic E-state index is 12.2. The fourth-order valence-corrected chi connectivity index (χ4v) is 2.74. The van der Waals surface area contributed by atoms with Gasteiger partial charge in [0.2, 0.25) is 11.8 Å². The summed E-state index contributed by atoms with van der Waals surface area (Å²) >= 11 is 5.88. The zero-order valence-corrected chi connectivity index (χ0v) is 15.6. The van der Waals surface area contributed by atoms with E-state index in [9.17, 15) is 14.4 Å². The number of carboxylic acid groups (broad SMARTS) is 1. The Morgan fingerprint density at radius 1 is 1.04 bits per heavy atom. The molecule has 0 spiro atoms. The normalized spacial score (nSPS) is 11.5. The van der Waals surface area contributed by atoms with Gasteiger partial charge in [-0.2, -0.15) is 0 Å². The van der Waals surface area contributed by atoms with E-state index in [4.69, 9.17) is 16.7 Å². The van der Waals surface area contributed by atoms with Crippen LogP contribution in [0.3, 0.4) is 0 Å². The van der Waals surface area contributed by atoms with Crippen LogP contribution in [0.15, 0.2) is 48.5 Å². The van der Waals surface area contributed by atoms with Gasteiger partial charge in [0, 0.05) is 18.5 Å². The minimum Gasteiger partial charge on any atom is -0.478 e. The zero-order chi connectivity index (χ0) is 19.8. The van der Waals surface area contributed by atoms with E-state index in [0.717, 1.165) is 11.1 Å². The Balaban J connectivity index is 1.88. The summed E-state index contributed by atoms with van der Waals surface area (Å²) in [5.41, 5.74) is 1.95. The van der Waals surface area contributed by atoms with E-state index in [1.807, 2.05) is 0 Å². The summed E-state index contributed by atoms with van der Waals surface area (Å²) < 4.78 is 0. The quantitative estimate of drug-likeness (QED) is 0.647. The van der Waals surface area contributed by atoms with Gasteiger partial charge in [-0.1, -0.05) is 35.9 Å². The molecule has 2 amide bonds. The molecule has 0 heterocycles. The third kappa shape index (κ3) is 6.75. The van der Waals surface area contributed by atoms with Gasteiger partial charge in [-0.15, -0.1) is 0 Å². The molecule has 3 N–H and O–H groups in total. The second-order valence-corrected chi connectivity index (χ2v) is 6.55. The van der Waals surface area contributed by atoms with E-state index in [-0.39, 0.29) is 23.8 Å². The lowest BCUT2D eigenvalue weighted by molar-refractivity contribution is -0.122. The molecule has 0 saturated carbocycles. The minimum absolute atomic E-state index is 0.110. The molecule has 1 unspecified atom stereocenters. The van der Waals surface area contributed by atoms with E-state index in [0.29, 0.717) is 18.0 Å². The van der Waals surface area contributed by atoms with Crippen molar-refractivity contribution in [1.29, 1.82) is 0 Å². The highest BCUT2D eigenvalue weighted by atomic mass is 35.5. The predicted octanol–water partition coefficient (Wildman–Crippen LogP) is 2.96. The molecule has 0 saturated heterocycles. The number of carboxylic acids is 1. The van der Waals surface area contributed by atoms with Crippen LogP contribution in [0, 0.1) is 0 Å². The van der Waals surface area contributed by atoms with Crippen molar-refractivity contribution < 1.29 is 19.5 Å². The molecular formula is C20H21ClN2O4. The Morgan fingerprint density at radius 2 is 1.67 bits per heavy atom. The van der Waals surface area contributed by atoms with Crippen molar-refractivity contribution in [1.82, 2.24) is 10.6 Å². The standard InChI is InChI=1S/C20H21ClN2O4/c1-13(24)23-18(15-6-8-17(21)9-7-15)12-19(25)22-11-10-14-2-4-16(5-3-14)20(26)27/h2-9,18H,10-12H2,1H3,(H,22,25)(H,23,24)(H,26,27). The summed E-state index contributed by atoms with van der Waals surface area (Å²) in [6.45, 7) is 1.82. The molecule has 2 aromatic rings. The summed E-state index contributed by atoms with van der Waals surface area (Å²) in [7, 11) is 0. The van der Waals surface area contributed by atoms with E-state index in [1.165, 1.54) is 19.1 Å². The van der Waals surface area contributed by atoms with Gasteiger partial charge in [0.25, 0.3) is 0 Å². The van der Waals surface area contributed by atoms with Crippen molar-refractivity contribution in [2.75, 3.05) is 6.54 Å². The molecule has 2 aromatic carbocycles. The highest BCUT2D eigenvalue weighted by molar-refractivity contribution is 6.30. The fraction of sp³-hybridized carbons (Fsp3) is 0.250. The molecule has 7 heteroatoms. The Hall–Kier alpha value is -2.86. The van der Waals surface area contributed by atoms with E-state index >= 15 is 0 Å². The van der Waals surface area contributed by atoms with Crippen LogP contribution in [-0.2, 0) is 16.0 Å². The van der Waals surface area contributed by atoms with Gasteiger partial charge in [-0.05, 0) is 41.8 Å². The summed E-state index contributed by atoms with van der Waals surface area (Å²) in [5, 5.41) is 15.1. The Morgan fingerprint density at radius 3 is 2.22 bits per heavy atom. The summed E-state index contributed by atoms with van der Waals surface area (Å²) in [4.78, 5) is 34.5. The van der Waals surface area contributed by atoms with Crippen molar-refractivity contribution in [3.8, 4) is 0 Å². The van der Waals surface area contributed by atoms with Crippen LogP contribution in [0.25, 0.3) is 0 Å². The van der Waals surface area contributed by atoms with Crippen molar-refractivity contribution in [2.45, 2.75) is 25.8 Å². The summed E-state index contributed by atoms with van der Waals surface area (Å²) in [5.74, 6) is -1.38. The number of amides is 2. The van der Waals surface area contributed by atoms with Crippen LogP contribution in [0.4, 0.5) is 0 Å². The number of halogens is 1. The molecule has 0 bridgehead atoms. The van der Waals surface area contributed by atoms with E-state index in [2.05, 4.69) is 10.6 Å². The first kappa shape index (κ1) is 20.5. The number of benzene rings is 2. The van der Waals surface area contributed by atoms with Gasteiger partial charge in [0.05, 0.1) is 18.0 Å². The molecule has 0 aromatic heterocycles. The van der Waals surface area contributed by atoms with Crippen molar-refractivity contribution in [2.24, 2.45) is 0 Å². The van der Waals surface area contributed by atoms with Crippen LogP contribution in [0.5, 0.6) is 0 Å². The molecule has 0 aliphatic heterocycles. The minimum atomic E-state index is -0.971. The number of nitrogens with one attached hydrogen (secondary N) is 2. The number of hydrogen-bond donors (Lipinski definition) is 3. The highest BCUT2D eigenvalue weighted by Gasteiger charge is 2.17. The van der Waals surface area contributed by atoms with Crippen molar-refractivity contribution in [3.63, 3.8) is 0 Å². The lowest BCUT2D eigenvalue weighted by Gasteiger charge is -2.18. The first-order valence-electron chi connectivity index (χ1n) is 8.46. The van der Waals surface area contributed by atoms with E-state index in [1.54, 1.807) is 36.4 Å². The Labute approximate surface area is 162 Å². The Bertz CT molecular complexity index is 804. The van der Waals surface area contributed by atoms with Gasteiger partial charge < -0.3 is 15.7 Å². The van der Waals surface area contributed by atoms with Gasteiger partial charge in [0.1, 0.15) is 0 Å². The second-order valence-electron chi connectivity index (χ2n) is 6.11. The number of hydrogen-bond acceptors (Lipinski definition) is 3. The molecular weight excluding hydrogens is 368 g/mol. The van der Waals surface area contributed by atoms with Crippen molar-refractivity contribution >= 4 is 29.4 Å². The SMILES string of the molecule is CC(=O)NC(CC(=O)NCCc1ccc(C(=O)O)cc1)c1ccc(Cl)cc1. The zero-order valence-electron chi connectivity index (χ0n) is 14.9. The molecule has 2 rings (SSSR count). The number of carbonyl (C=O) groups is 3. The molecule has 6 nitrogen and oxygen atoms in total. The van der Waals surface area contributed by atoms with Gasteiger partial charge in [-0.3, -0.25) is 9.59 Å². The van der Waals surface area contributed by atoms with Crippen LogP contribution in [0.1, 0.15) is 40.9 Å². The van der Waals surface area contributed by atoms with Gasteiger partial charge >= 0.3 is 5.97 Å². The Kier molecular flexibility index (Phi) is 7.37. The average molecular weight is 389 g/mol. The maximum atomic E-state index is 12.2. The maximum Gasteiger partial charge on any atom is 0.335 e. The molecule has 0 aliphatic rings. The smallest absolute Gasteiger partial charge is 0.335 e. The van der Waals surface area contributed by atoms with Crippen LogP contribution in [-0.4, -0.2) is 29.4 Å². The first-order valence-corrected chi connectivity index (χ1v) is 8.84.